The number of carbonyl (C=O) groups excluding carboxylic acids is 1. The van der Waals surface area contributed by atoms with Crippen molar-refractivity contribution < 1.29 is 19.4 Å². The Morgan fingerprint density at radius 2 is 1.95 bits per heavy atom. The first kappa shape index (κ1) is 16.8. The van der Waals surface area contributed by atoms with Crippen LogP contribution in [-0.2, 0) is 14.3 Å². The van der Waals surface area contributed by atoms with Gasteiger partial charge in [-0.2, -0.15) is 0 Å². The Kier molecular flexibility index (Phi) is 4.69. The minimum absolute atomic E-state index is 0.0975. The smallest absolute Gasteiger partial charge is 0.311 e. The molecule has 4 atom stereocenters. The third-order valence-electron chi connectivity index (χ3n) is 5.94. The zero-order chi connectivity index (χ0) is 15.8. The van der Waals surface area contributed by atoms with Crippen molar-refractivity contribution in [2.45, 2.75) is 66.1 Å². The summed E-state index contributed by atoms with van der Waals surface area (Å²) in [6, 6.07) is 0. The molecule has 21 heavy (non-hydrogen) atoms. The van der Waals surface area contributed by atoms with Crippen LogP contribution >= 0.6 is 0 Å². The summed E-state index contributed by atoms with van der Waals surface area (Å²) in [5, 5.41) is 10.4. The molecule has 122 valence electrons. The second kappa shape index (κ2) is 5.88. The molecule has 0 aromatic heterocycles. The van der Waals surface area contributed by atoms with E-state index in [1.807, 2.05) is 20.8 Å². The lowest BCUT2D eigenvalue weighted by molar-refractivity contribution is -0.209. The highest BCUT2D eigenvalue weighted by atomic mass is 16.6. The predicted molar refractivity (Wildman–Crippen MR) is 80.8 cm³/mol. The van der Waals surface area contributed by atoms with Crippen LogP contribution in [0.3, 0.4) is 0 Å². The fourth-order valence-electron chi connectivity index (χ4n) is 3.55. The van der Waals surface area contributed by atoms with Crippen LogP contribution in [0.2, 0.25) is 0 Å². The average Bonchev–Trinajstić information content (AvgIpc) is 2.43. The molecule has 0 aromatic rings. The molecule has 0 spiro atoms. The molecular formula is C17H30O4. The van der Waals surface area contributed by atoms with Gasteiger partial charge < -0.3 is 14.6 Å². The second-order valence-electron chi connectivity index (χ2n) is 7.87. The molecule has 4 heteroatoms. The monoisotopic (exact) mass is 298 g/mol. The van der Waals surface area contributed by atoms with Crippen molar-refractivity contribution in [3.05, 3.63) is 0 Å². The van der Waals surface area contributed by atoms with Gasteiger partial charge in [0.25, 0.3) is 0 Å². The van der Waals surface area contributed by atoms with Gasteiger partial charge in [-0.3, -0.25) is 4.79 Å². The van der Waals surface area contributed by atoms with Crippen LogP contribution in [0.5, 0.6) is 0 Å². The maximum absolute atomic E-state index is 11.8. The molecule has 0 saturated heterocycles. The van der Waals surface area contributed by atoms with Crippen LogP contribution in [0.25, 0.3) is 0 Å². The van der Waals surface area contributed by atoms with E-state index >= 15 is 0 Å². The van der Waals surface area contributed by atoms with E-state index in [4.69, 9.17) is 9.47 Å². The summed E-state index contributed by atoms with van der Waals surface area (Å²) in [6.07, 6.45) is 2.31. The highest BCUT2D eigenvalue weighted by Gasteiger charge is 2.57. The van der Waals surface area contributed by atoms with Crippen molar-refractivity contribution in [3.63, 3.8) is 0 Å². The van der Waals surface area contributed by atoms with Crippen molar-refractivity contribution >= 4 is 5.97 Å². The number of ether oxygens (including phenoxy) is 2. The van der Waals surface area contributed by atoms with Gasteiger partial charge in [0, 0.05) is 0 Å². The normalized spacial score (nSPS) is 34.2. The van der Waals surface area contributed by atoms with Gasteiger partial charge >= 0.3 is 5.97 Å². The van der Waals surface area contributed by atoms with Gasteiger partial charge in [-0.1, -0.05) is 20.8 Å². The molecule has 0 amide bonds. The Bertz CT molecular complexity index is 388. The van der Waals surface area contributed by atoms with Crippen LogP contribution < -0.4 is 0 Å². The fraction of sp³-hybridized carbons (Fsp3) is 0.941. The Hall–Kier alpha value is -0.610. The Morgan fingerprint density at radius 1 is 1.29 bits per heavy atom. The van der Waals surface area contributed by atoms with E-state index in [0.717, 1.165) is 19.3 Å². The summed E-state index contributed by atoms with van der Waals surface area (Å²) in [5.74, 6) is 0.821. The van der Waals surface area contributed by atoms with Gasteiger partial charge in [0.2, 0.25) is 0 Å². The molecule has 3 fully saturated rings. The number of aliphatic hydroxyl groups excluding tert-OH is 1. The number of hydrogen-bond donors (Lipinski definition) is 1. The second-order valence-corrected chi connectivity index (χ2v) is 7.87. The highest BCUT2D eigenvalue weighted by molar-refractivity contribution is 5.75. The Morgan fingerprint density at radius 3 is 2.48 bits per heavy atom. The molecule has 1 N–H and O–H groups in total. The van der Waals surface area contributed by atoms with Crippen LogP contribution in [0, 0.1) is 22.7 Å². The van der Waals surface area contributed by atoms with Crippen molar-refractivity contribution in [1.29, 1.82) is 0 Å². The number of rotatable bonds is 6. The quantitative estimate of drug-likeness (QED) is 0.605. The molecule has 4 nitrogen and oxygen atoms in total. The molecule has 3 rings (SSSR count). The first-order chi connectivity index (χ1) is 9.70. The molecule has 0 heterocycles. The Labute approximate surface area is 128 Å². The zero-order valence-corrected chi connectivity index (χ0v) is 14.0. The van der Waals surface area contributed by atoms with Crippen molar-refractivity contribution in [1.82, 2.24) is 0 Å². The SMILES string of the molecule is CCC(C)(C)C(=O)OCCOC1CC2C[C@H]([C@@H]1O)C2(C)C. The van der Waals surface area contributed by atoms with Crippen LogP contribution in [0.4, 0.5) is 0 Å². The number of aliphatic hydroxyl groups is 1. The molecule has 0 aliphatic heterocycles. The number of hydrogen-bond acceptors (Lipinski definition) is 4. The van der Waals surface area contributed by atoms with Gasteiger partial charge in [-0.15, -0.1) is 0 Å². The third kappa shape index (κ3) is 3.11. The van der Waals surface area contributed by atoms with Gasteiger partial charge in [0.05, 0.1) is 24.2 Å². The zero-order valence-electron chi connectivity index (χ0n) is 14.0. The minimum atomic E-state index is -0.435. The highest BCUT2D eigenvalue weighted by Crippen LogP contribution is 2.59. The summed E-state index contributed by atoms with van der Waals surface area (Å²) in [4.78, 5) is 11.8. The Balaban J connectivity index is 1.70. The number of fused-ring (bicyclic) bond motifs is 2. The topological polar surface area (TPSA) is 55.8 Å². The van der Waals surface area contributed by atoms with E-state index in [0.29, 0.717) is 18.4 Å². The third-order valence-corrected chi connectivity index (χ3v) is 5.94. The minimum Gasteiger partial charge on any atom is -0.463 e. The summed E-state index contributed by atoms with van der Waals surface area (Å²) >= 11 is 0. The summed E-state index contributed by atoms with van der Waals surface area (Å²) in [6.45, 7) is 10.9. The van der Waals surface area contributed by atoms with Gasteiger partial charge in [-0.25, -0.2) is 0 Å². The molecule has 3 saturated carbocycles. The maximum Gasteiger partial charge on any atom is 0.311 e. The van der Waals surface area contributed by atoms with E-state index < -0.39 is 5.41 Å². The average molecular weight is 298 g/mol. The van der Waals surface area contributed by atoms with Crippen LogP contribution in [-0.4, -0.2) is 36.5 Å². The molecule has 0 aromatic carbocycles. The molecular weight excluding hydrogens is 268 g/mol. The summed E-state index contributed by atoms with van der Waals surface area (Å²) in [5.41, 5.74) is -0.188. The molecule has 2 unspecified atom stereocenters. The van der Waals surface area contributed by atoms with Crippen molar-refractivity contribution in [2.75, 3.05) is 13.2 Å². The molecule has 3 aliphatic rings. The predicted octanol–water partition coefficient (Wildman–Crippen LogP) is 2.78. The number of carbonyl (C=O) groups is 1. The van der Waals surface area contributed by atoms with Crippen LogP contribution in [0.1, 0.15) is 53.9 Å². The maximum atomic E-state index is 11.8. The van der Waals surface area contributed by atoms with E-state index in [2.05, 4.69) is 13.8 Å². The lowest BCUT2D eigenvalue weighted by Crippen LogP contribution is -2.60. The lowest BCUT2D eigenvalue weighted by Gasteiger charge is -2.60. The summed E-state index contributed by atoms with van der Waals surface area (Å²) < 4.78 is 11.0. The van der Waals surface area contributed by atoms with E-state index in [1.165, 1.54) is 0 Å². The van der Waals surface area contributed by atoms with Gasteiger partial charge in [0.1, 0.15) is 6.61 Å². The molecule has 0 radical (unpaired) electrons. The molecule has 2 bridgehead atoms. The first-order valence-corrected chi connectivity index (χ1v) is 8.17. The number of esters is 1. The largest absolute Gasteiger partial charge is 0.463 e. The standard InChI is InChI=1S/C17H30O4/c1-6-16(2,3)15(19)21-8-7-20-13-10-11-9-12(14(13)18)17(11,4)5/h11-14,18H,6-10H2,1-5H3/t11?,12-,13?,14+/m1/s1. The molecule has 3 aliphatic carbocycles. The first-order valence-electron chi connectivity index (χ1n) is 8.17. The van der Waals surface area contributed by atoms with Crippen molar-refractivity contribution in [3.8, 4) is 0 Å². The van der Waals surface area contributed by atoms with E-state index in [-0.39, 0.29) is 30.2 Å². The van der Waals surface area contributed by atoms with E-state index in [1.54, 1.807) is 0 Å². The van der Waals surface area contributed by atoms with Gasteiger partial charge in [-0.05, 0) is 50.4 Å². The van der Waals surface area contributed by atoms with Crippen molar-refractivity contribution in [2.24, 2.45) is 22.7 Å². The summed E-state index contributed by atoms with van der Waals surface area (Å²) in [7, 11) is 0. The van der Waals surface area contributed by atoms with Gasteiger partial charge in [0.15, 0.2) is 0 Å². The van der Waals surface area contributed by atoms with Crippen LogP contribution in [0.15, 0.2) is 0 Å². The van der Waals surface area contributed by atoms with E-state index in [9.17, 15) is 9.90 Å². The lowest BCUT2D eigenvalue weighted by atomic mass is 9.47. The fourth-order valence-corrected chi connectivity index (χ4v) is 3.55.